The highest BCUT2D eigenvalue weighted by atomic mass is 15.2. The molecule has 0 saturated carbocycles. The van der Waals surface area contributed by atoms with Crippen molar-refractivity contribution in [2.75, 3.05) is 4.90 Å². The van der Waals surface area contributed by atoms with Gasteiger partial charge in [-0.05, 0) is 75.4 Å². The van der Waals surface area contributed by atoms with E-state index < -0.39 is 0 Å². The predicted molar refractivity (Wildman–Crippen MR) is 160 cm³/mol. The second kappa shape index (κ2) is 8.42. The Bertz CT molecular complexity index is 1960. The molecular weight excluding hydrogens is 464 g/mol. The van der Waals surface area contributed by atoms with Crippen molar-refractivity contribution in [3.05, 3.63) is 116 Å². The third-order valence-electron chi connectivity index (χ3n) is 7.28. The highest BCUT2D eigenvalue weighted by molar-refractivity contribution is 6.17. The Kier molecular flexibility index (Phi) is 4.98. The van der Waals surface area contributed by atoms with Crippen LogP contribution in [0.2, 0.25) is 0 Å². The SMILES string of the molecule is CC(C)(C)N(c1cc2cccnc2c2ncccc12)c1cccc2c1c1ccccc1n2-c1ccccc1. The highest BCUT2D eigenvalue weighted by Crippen LogP contribution is 2.45. The van der Waals surface area contributed by atoms with Gasteiger partial charge in [0, 0.05) is 45.2 Å². The average molecular weight is 493 g/mol. The fourth-order valence-electron chi connectivity index (χ4n) is 5.84. The first-order valence-corrected chi connectivity index (χ1v) is 13.0. The summed E-state index contributed by atoms with van der Waals surface area (Å²) in [5.41, 5.74) is 7.48. The highest BCUT2D eigenvalue weighted by Gasteiger charge is 2.29. The molecule has 0 unspecified atom stereocenters. The Balaban J connectivity index is 1.61. The molecule has 0 aliphatic carbocycles. The second-order valence-corrected chi connectivity index (χ2v) is 10.7. The first-order chi connectivity index (χ1) is 18.5. The fourth-order valence-corrected chi connectivity index (χ4v) is 5.84. The monoisotopic (exact) mass is 492 g/mol. The lowest BCUT2D eigenvalue weighted by Gasteiger charge is -2.39. The number of benzene rings is 4. The molecule has 0 atom stereocenters. The predicted octanol–water partition coefficient (Wildman–Crippen LogP) is 8.82. The minimum absolute atomic E-state index is 0.219. The van der Waals surface area contributed by atoms with E-state index >= 15 is 0 Å². The molecule has 0 spiro atoms. The van der Waals surface area contributed by atoms with Crippen LogP contribution in [0.1, 0.15) is 20.8 Å². The average Bonchev–Trinajstić information content (AvgIpc) is 3.28. The van der Waals surface area contributed by atoms with Gasteiger partial charge in [-0.2, -0.15) is 0 Å². The van der Waals surface area contributed by atoms with Crippen molar-refractivity contribution in [1.82, 2.24) is 14.5 Å². The van der Waals surface area contributed by atoms with Crippen LogP contribution in [0.4, 0.5) is 11.4 Å². The maximum atomic E-state index is 4.79. The van der Waals surface area contributed by atoms with E-state index in [1.807, 2.05) is 24.5 Å². The van der Waals surface area contributed by atoms with Gasteiger partial charge in [0.25, 0.3) is 0 Å². The van der Waals surface area contributed by atoms with Crippen LogP contribution >= 0.6 is 0 Å². The molecule has 4 heteroatoms. The van der Waals surface area contributed by atoms with E-state index in [1.165, 1.54) is 27.5 Å². The van der Waals surface area contributed by atoms with Crippen LogP contribution in [0.15, 0.2) is 116 Å². The molecule has 184 valence electrons. The Morgan fingerprint density at radius 3 is 2.11 bits per heavy atom. The van der Waals surface area contributed by atoms with E-state index in [2.05, 4.69) is 126 Å². The molecular formula is C34H28N4. The van der Waals surface area contributed by atoms with Gasteiger partial charge in [-0.15, -0.1) is 0 Å². The zero-order valence-electron chi connectivity index (χ0n) is 21.8. The first kappa shape index (κ1) is 22.5. The Morgan fingerprint density at radius 1 is 0.605 bits per heavy atom. The topological polar surface area (TPSA) is 34.0 Å². The van der Waals surface area contributed by atoms with Gasteiger partial charge in [0.05, 0.1) is 33.4 Å². The summed E-state index contributed by atoms with van der Waals surface area (Å²) >= 11 is 0. The standard InChI is InChI=1S/C34H28N4/c1-34(2,3)38(30-22-23-12-10-20-35-32(23)33-26(30)16-11-21-36-33)29-19-9-18-28-31(29)25-15-7-8-17-27(25)37(28)24-13-5-4-6-14-24/h4-22H,1-3H3. The number of aromatic nitrogens is 3. The van der Waals surface area contributed by atoms with Crippen LogP contribution in [-0.4, -0.2) is 20.1 Å². The van der Waals surface area contributed by atoms with E-state index in [9.17, 15) is 0 Å². The summed E-state index contributed by atoms with van der Waals surface area (Å²) in [4.78, 5) is 12.0. The smallest absolute Gasteiger partial charge is 0.0985 e. The van der Waals surface area contributed by atoms with Gasteiger partial charge < -0.3 is 9.47 Å². The lowest BCUT2D eigenvalue weighted by Crippen LogP contribution is -2.37. The van der Waals surface area contributed by atoms with Gasteiger partial charge >= 0.3 is 0 Å². The maximum Gasteiger partial charge on any atom is 0.0985 e. The zero-order chi connectivity index (χ0) is 25.9. The summed E-state index contributed by atoms with van der Waals surface area (Å²) in [6.07, 6.45) is 3.70. The van der Waals surface area contributed by atoms with Gasteiger partial charge in [-0.25, -0.2) is 0 Å². The van der Waals surface area contributed by atoms with E-state index in [1.54, 1.807) is 0 Å². The molecule has 0 bridgehead atoms. The number of hydrogen-bond acceptors (Lipinski definition) is 3. The molecule has 3 heterocycles. The quantitative estimate of drug-likeness (QED) is 0.231. The van der Waals surface area contributed by atoms with Gasteiger partial charge in [0.15, 0.2) is 0 Å². The molecule has 0 N–H and O–H groups in total. The van der Waals surface area contributed by atoms with Gasteiger partial charge in [-0.1, -0.05) is 48.5 Å². The van der Waals surface area contributed by atoms with Crippen LogP contribution in [0.5, 0.6) is 0 Å². The number of pyridine rings is 2. The Labute approximate surface area is 221 Å². The molecule has 3 aromatic heterocycles. The van der Waals surface area contributed by atoms with Gasteiger partial charge in [0.2, 0.25) is 0 Å². The summed E-state index contributed by atoms with van der Waals surface area (Å²) in [7, 11) is 0. The molecule has 4 aromatic carbocycles. The van der Waals surface area contributed by atoms with Crippen molar-refractivity contribution in [3.63, 3.8) is 0 Å². The minimum Gasteiger partial charge on any atom is -0.335 e. The van der Waals surface area contributed by atoms with E-state index in [0.717, 1.165) is 33.2 Å². The second-order valence-electron chi connectivity index (χ2n) is 10.7. The molecule has 0 saturated heterocycles. The summed E-state index contributed by atoms with van der Waals surface area (Å²) in [5.74, 6) is 0. The molecule has 38 heavy (non-hydrogen) atoms. The normalized spacial score (nSPS) is 12.1. The lowest BCUT2D eigenvalue weighted by molar-refractivity contribution is 0.563. The number of para-hydroxylation sites is 2. The Morgan fingerprint density at radius 2 is 1.29 bits per heavy atom. The number of rotatable bonds is 3. The van der Waals surface area contributed by atoms with Crippen LogP contribution < -0.4 is 4.90 Å². The summed E-state index contributed by atoms with van der Waals surface area (Å²) < 4.78 is 2.37. The molecule has 0 fully saturated rings. The first-order valence-electron chi connectivity index (χ1n) is 13.0. The van der Waals surface area contributed by atoms with Crippen molar-refractivity contribution in [2.45, 2.75) is 26.3 Å². The molecule has 0 aliphatic heterocycles. The number of fused-ring (bicyclic) bond motifs is 6. The van der Waals surface area contributed by atoms with Crippen LogP contribution in [-0.2, 0) is 0 Å². The number of hydrogen-bond donors (Lipinski definition) is 0. The van der Waals surface area contributed by atoms with Gasteiger partial charge in [-0.3, -0.25) is 9.97 Å². The van der Waals surface area contributed by atoms with Crippen LogP contribution in [0.3, 0.4) is 0 Å². The van der Waals surface area contributed by atoms with Crippen LogP contribution in [0.25, 0.3) is 49.3 Å². The third-order valence-corrected chi connectivity index (χ3v) is 7.28. The van der Waals surface area contributed by atoms with Crippen LogP contribution in [0, 0.1) is 0 Å². The summed E-state index contributed by atoms with van der Waals surface area (Å²) in [5, 5.41) is 4.66. The van der Waals surface area contributed by atoms with Crippen molar-refractivity contribution in [3.8, 4) is 5.69 Å². The van der Waals surface area contributed by atoms with Crippen molar-refractivity contribution >= 4 is 55.0 Å². The Hall–Kier alpha value is -4.70. The van der Waals surface area contributed by atoms with Crippen molar-refractivity contribution in [1.29, 1.82) is 0 Å². The lowest BCUT2D eigenvalue weighted by atomic mass is 9.98. The molecule has 0 aliphatic rings. The summed E-state index contributed by atoms with van der Waals surface area (Å²) in [6, 6.07) is 36.6. The van der Waals surface area contributed by atoms with Crippen molar-refractivity contribution in [2.24, 2.45) is 0 Å². The number of anilines is 2. The molecule has 0 amide bonds. The van der Waals surface area contributed by atoms with Gasteiger partial charge in [0.1, 0.15) is 0 Å². The molecule has 7 aromatic rings. The van der Waals surface area contributed by atoms with E-state index in [4.69, 9.17) is 4.98 Å². The largest absolute Gasteiger partial charge is 0.335 e. The maximum absolute atomic E-state index is 4.79. The van der Waals surface area contributed by atoms with Crippen molar-refractivity contribution < 1.29 is 0 Å². The van der Waals surface area contributed by atoms with E-state index in [-0.39, 0.29) is 5.54 Å². The van der Waals surface area contributed by atoms with E-state index in [0.29, 0.717) is 0 Å². The third kappa shape index (κ3) is 3.37. The molecule has 7 rings (SSSR count). The fraction of sp³-hybridized carbons (Fsp3) is 0.118. The molecule has 4 nitrogen and oxygen atoms in total. The molecule has 0 radical (unpaired) electrons. The summed E-state index contributed by atoms with van der Waals surface area (Å²) in [6.45, 7) is 6.83. The minimum atomic E-state index is -0.219. The zero-order valence-corrected chi connectivity index (χ0v) is 21.8. The number of nitrogens with zero attached hydrogens (tertiary/aromatic N) is 4.